The van der Waals surface area contributed by atoms with Crippen LogP contribution in [0.15, 0.2) is 0 Å². The third-order valence-corrected chi connectivity index (χ3v) is 2.43. The zero-order chi connectivity index (χ0) is 11.8. The van der Waals surface area contributed by atoms with Crippen molar-refractivity contribution in [2.75, 3.05) is 34.9 Å². The summed E-state index contributed by atoms with van der Waals surface area (Å²) in [5.74, 6) is 0. The van der Waals surface area contributed by atoms with Gasteiger partial charge in [-0.15, -0.1) is 0 Å². The molecular formula is C11H26N2O2. The highest BCUT2D eigenvalue weighted by Crippen LogP contribution is 2.02. The van der Waals surface area contributed by atoms with E-state index in [4.69, 9.17) is 9.47 Å². The molecule has 0 radical (unpaired) electrons. The smallest absolute Gasteiger partial charge is 0.171 e. The van der Waals surface area contributed by atoms with E-state index >= 15 is 0 Å². The maximum absolute atomic E-state index is 5.19. The topological polar surface area (TPSA) is 33.7 Å². The van der Waals surface area contributed by atoms with Gasteiger partial charge in [0.05, 0.1) is 6.04 Å². The van der Waals surface area contributed by atoms with Gasteiger partial charge in [0, 0.05) is 20.3 Å². The number of nitrogens with zero attached hydrogens (tertiary/aromatic N) is 1. The van der Waals surface area contributed by atoms with E-state index in [1.807, 2.05) is 0 Å². The van der Waals surface area contributed by atoms with Crippen molar-refractivity contribution >= 4 is 0 Å². The largest absolute Gasteiger partial charge is 0.354 e. The molecule has 0 bridgehead atoms. The minimum atomic E-state index is -0.174. The third kappa shape index (κ3) is 6.84. The van der Waals surface area contributed by atoms with E-state index in [1.54, 1.807) is 14.2 Å². The number of rotatable bonds is 8. The first kappa shape index (κ1) is 14.8. The average molecular weight is 218 g/mol. The molecule has 0 aromatic heterocycles. The predicted molar refractivity (Wildman–Crippen MR) is 63.0 cm³/mol. The molecule has 0 aliphatic carbocycles. The minimum absolute atomic E-state index is 0.174. The molecule has 0 amide bonds. The van der Waals surface area contributed by atoms with Crippen LogP contribution in [0.4, 0.5) is 0 Å². The maximum Gasteiger partial charge on any atom is 0.171 e. The van der Waals surface area contributed by atoms with Crippen molar-refractivity contribution in [3.63, 3.8) is 0 Å². The minimum Gasteiger partial charge on any atom is -0.354 e. The lowest BCUT2D eigenvalue weighted by Crippen LogP contribution is -2.44. The lowest BCUT2D eigenvalue weighted by atomic mass is 10.2. The van der Waals surface area contributed by atoms with E-state index < -0.39 is 0 Å². The summed E-state index contributed by atoms with van der Waals surface area (Å²) in [6, 6.07) is 0.673. The molecular weight excluding hydrogens is 192 g/mol. The molecule has 0 aromatic carbocycles. The second kappa shape index (κ2) is 8.05. The van der Waals surface area contributed by atoms with Gasteiger partial charge >= 0.3 is 0 Å². The molecule has 0 heterocycles. The van der Waals surface area contributed by atoms with Gasteiger partial charge in [0.1, 0.15) is 0 Å². The highest BCUT2D eigenvalue weighted by Gasteiger charge is 2.17. The monoisotopic (exact) mass is 218 g/mol. The predicted octanol–water partition coefficient (Wildman–Crippen LogP) is 0.924. The molecule has 0 saturated heterocycles. The first-order chi connectivity index (χ1) is 7.01. The summed E-state index contributed by atoms with van der Waals surface area (Å²) in [4.78, 5) is 2.19. The van der Waals surface area contributed by atoms with Crippen LogP contribution in [0.1, 0.15) is 20.3 Å². The van der Waals surface area contributed by atoms with E-state index in [9.17, 15) is 0 Å². The van der Waals surface area contributed by atoms with Gasteiger partial charge in [-0.2, -0.15) is 0 Å². The Morgan fingerprint density at radius 1 is 1.13 bits per heavy atom. The van der Waals surface area contributed by atoms with Gasteiger partial charge in [-0.3, -0.25) is 0 Å². The lowest BCUT2D eigenvalue weighted by molar-refractivity contribution is -0.120. The van der Waals surface area contributed by atoms with Crippen molar-refractivity contribution < 1.29 is 9.47 Å². The number of methoxy groups -OCH3 is 2. The molecule has 92 valence electrons. The second-order valence-electron chi connectivity index (χ2n) is 4.29. The molecule has 0 aromatic rings. The molecule has 2 atom stereocenters. The van der Waals surface area contributed by atoms with E-state index in [1.165, 1.54) is 0 Å². The quantitative estimate of drug-likeness (QED) is 0.614. The average Bonchev–Trinajstić information content (AvgIpc) is 2.16. The van der Waals surface area contributed by atoms with Crippen LogP contribution in [-0.4, -0.2) is 58.1 Å². The number of nitrogens with one attached hydrogen (secondary N) is 1. The molecule has 0 fully saturated rings. The van der Waals surface area contributed by atoms with Crippen LogP contribution in [0, 0.1) is 0 Å². The van der Waals surface area contributed by atoms with Gasteiger partial charge in [-0.25, -0.2) is 0 Å². The van der Waals surface area contributed by atoms with Crippen molar-refractivity contribution in [1.82, 2.24) is 10.2 Å². The molecule has 2 unspecified atom stereocenters. The van der Waals surface area contributed by atoms with Crippen LogP contribution < -0.4 is 5.32 Å². The Bertz CT molecular complexity index is 150. The second-order valence-corrected chi connectivity index (χ2v) is 4.29. The van der Waals surface area contributed by atoms with E-state index in [0.29, 0.717) is 6.04 Å². The van der Waals surface area contributed by atoms with E-state index in [0.717, 1.165) is 13.0 Å². The van der Waals surface area contributed by atoms with Crippen LogP contribution in [0.3, 0.4) is 0 Å². The van der Waals surface area contributed by atoms with Crippen LogP contribution in [0.5, 0.6) is 0 Å². The van der Waals surface area contributed by atoms with Crippen LogP contribution in [0.2, 0.25) is 0 Å². The van der Waals surface area contributed by atoms with Gasteiger partial charge in [-0.1, -0.05) is 0 Å². The van der Waals surface area contributed by atoms with Crippen molar-refractivity contribution in [1.29, 1.82) is 0 Å². The van der Waals surface area contributed by atoms with Crippen molar-refractivity contribution in [3.8, 4) is 0 Å². The fraction of sp³-hybridized carbons (Fsp3) is 1.00. The number of hydrogen-bond donors (Lipinski definition) is 1. The number of ether oxygens (including phenoxy) is 2. The molecule has 0 saturated carbocycles. The van der Waals surface area contributed by atoms with Crippen molar-refractivity contribution in [3.05, 3.63) is 0 Å². The van der Waals surface area contributed by atoms with E-state index in [-0.39, 0.29) is 12.3 Å². The Labute approximate surface area is 93.9 Å². The fourth-order valence-corrected chi connectivity index (χ4v) is 1.57. The fourth-order valence-electron chi connectivity index (χ4n) is 1.57. The molecule has 0 spiro atoms. The molecule has 4 nitrogen and oxygen atoms in total. The van der Waals surface area contributed by atoms with Crippen LogP contribution in [0.25, 0.3) is 0 Å². The SMILES string of the molecule is COC(OC)C(C)NC(C)CCN(C)C. The van der Waals surface area contributed by atoms with Crippen molar-refractivity contribution in [2.24, 2.45) is 0 Å². The summed E-state index contributed by atoms with van der Waals surface area (Å²) in [6.45, 7) is 5.34. The Morgan fingerprint density at radius 2 is 1.67 bits per heavy atom. The normalized spacial score (nSPS) is 16.0. The third-order valence-electron chi connectivity index (χ3n) is 2.43. The van der Waals surface area contributed by atoms with Gasteiger partial charge in [0.25, 0.3) is 0 Å². The molecule has 0 aliphatic heterocycles. The lowest BCUT2D eigenvalue weighted by Gasteiger charge is -2.26. The summed E-state index contributed by atoms with van der Waals surface area (Å²) in [5, 5.41) is 3.46. The van der Waals surface area contributed by atoms with Gasteiger partial charge in [0.2, 0.25) is 0 Å². The Kier molecular flexibility index (Phi) is 7.96. The summed E-state index contributed by atoms with van der Waals surface area (Å²) in [7, 11) is 7.50. The van der Waals surface area contributed by atoms with Crippen molar-refractivity contribution in [2.45, 2.75) is 38.6 Å². The molecule has 4 heteroatoms. The van der Waals surface area contributed by atoms with Crippen LogP contribution in [-0.2, 0) is 9.47 Å². The van der Waals surface area contributed by atoms with Gasteiger partial charge in [0.15, 0.2) is 6.29 Å². The highest BCUT2D eigenvalue weighted by atomic mass is 16.7. The highest BCUT2D eigenvalue weighted by molar-refractivity contribution is 4.70. The zero-order valence-electron chi connectivity index (χ0n) is 10.9. The zero-order valence-corrected chi connectivity index (χ0v) is 10.9. The summed E-state index contributed by atoms with van der Waals surface area (Å²) in [6.07, 6.45) is 0.948. The number of hydrogen-bond acceptors (Lipinski definition) is 4. The molecule has 0 aliphatic rings. The Hall–Kier alpha value is -0.160. The Balaban J connectivity index is 3.78. The summed E-state index contributed by atoms with van der Waals surface area (Å²) < 4.78 is 10.4. The van der Waals surface area contributed by atoms with E-state index in [2.05, 4.69) is 38.2 Å². The molecule has 15 heavy (non-hydrogen) atoms. The van der Waals surface area contributed by atoms with Gasteiger partial charge < -0.3 is 19.7 Å². The first-order valence-corrected chi connectivity index (χ1v) is 5.47. The maximum atomic E-state index is 5.19. The standard InChI is InChI=1S/C11H26N2O2/c1-9(7-8-13(3)4)12-10(2)11(14-5)15-6/h9-12H,7-8H2,1-6H3. The summed E-state index contributed by atoms with van der Waals surface area (Å²) >= 11 is 0. The molecule has 0 rings (SSSR count). The van der Waals surface area contributed by atoms with Gasteiger partial charge in [-0.05, 0) is 40.9 Å². The first-order valence-electron chi connectivity index (χ1n) is 5.47. The summed E-state index contributed by atoms with van der Waals surface area (Å²) in [5.41, 5.74) is 0. The van der Waals surface area contributed by atoms with Crippen LogP contribution >= 0.6 is 0 Å². The Morgan fingerprint density at radius 3 is 2.07 bits per heavy atom. The molecule has 1 N–H and O–H groups in total.